The maximum Gasteiger partial charge on any atom is 0.249 e. The Morgan fingerprint density at radius 3 is 2.84 bits per heavy atom. The van der Waals surface area contributed by atoms with Crippen molar-refractivity contribution in [3.63, 3.8) is 0 Å². The van der Waals surface area contributed by atoms with E-state index in [4.69, 9.17) is 11.6 Å². The SMILES string of the molecule is Clc1cccc(Nc2nncc(N3CCCC3)n2)c1. The van der Waals surface area contributed by atoms with Crippen molar-refractivity contribution in [1.82, 2.24) is 15.2 Å². The molecule has 1 fully saturated rings. The number of anilines is 3. The molecule has 1 aromatic carbocycles. The number of nitrogens with zero attached hydrogens (tertiary/aromatic N) is 4. The van der Waals surface area contributed by atoms with Crippen molar-refractivity contribution in [2.45, 2.75) is 12.8 Å². The molecule has 1 saturated heterocycles. The van der Waals surface area contributed by atoms with E-state index in [9.17, 15) is 0 Å². The molecule has 19 heavy (non-hydrogen) atoms. The number of aromatic nitrogens is 3. The first kappa shape index (κ1) is 12.2. The van der Waals surface area contributed by atoms with Gasteiger partial charge in [-0.05, 0) is 31.0 Å². The van der Waals surface area contributed by atoms with Crippen molar-refractivity contribution in [1.29, 1.82) is 0 Å². The molecule has 0 atom stereocenters. The fourth-order valence-corrected chi connectivity index (χ4v) is 2.33. The number of benzene rings is 1. The molecule has 0 unspecified atom stereocenters. The molecular formula is C13H14ClN5. The Kier molecular flexibility index (Phi) is 3.46. The largest absolute Gasteiger partial charge is 0.355 e. The second kappa shape index (κ2) is 5.40. The predicted molar refractivity (Wildman–Crippen MR) is 76.0 cm³/mol. The highest BCUT2D eigenvalue weighted by Gasteiger charge is 2.14. The highest BCUT2D eigenvalue weighted by Crippen LogP contribution is 2.20. The fraction of sp³-hybridized carbons (Fsp3) is 0.308. The van der Waals surface area contributed by atoms with Crippen LogP contribution in [0.25, 0.3) is 0 Å². The first-order chi connectivity index (χ1) is 9.31. The average Bonchev–Trinajstić information content (AvgIpc) is 2.93. The Hall–Kier alpha value is -1.88. The van der Waals surface area contributed by atoms with Crippen molar-refractivity contribution in [3.8, 4) is 0 Å². The topological polar surface area (TPSA) is 53.9 Å². The molecule has 0 bridgehead atoms. The third-order valence-corrected chi connectivity index (χ3v) is 3.29. The zero-order chi connectivity index (χ0) is 13.1. The van der Waals surface area contributed by atoms with Crippen LogP contribution < -0.4 is 10.2 Å². The van der Waals surface area contributed by atoms with Gasteiger partial charge in [0, 0.05) is 23.8 Å². The standard InChI is InChI=1S/C13H14ClN5/c14-10-4-3-5-11(8-10)16-13-17-12(9-15-18-13)19-6-1-2-7-19/h3-5,8-9H,1-2,6-7H2,(H,16,17,18). The molecular weight excluding hydrogens is 262 g/mol. The van der Waals surface area contributed by atoms with Gasteiger partial charge in [0.1, 0.15) is 0 Å². The van der Waals surface area contributed by atoms with Crippen LogP contribution in [0.2, 0.25) is 5.02 Å². The van der Waals surface area contributed by atoms with Gasteiger partial charge in [0.2, 0.25) is 5.95 Å². The van der Waals surface area contributed by atoms with E-state index in [1.165, 1.54) is 12.8 Å². The highest BCUT2D eigenvalue weighted by atomic mass is 35.5. The first-order valence-corrected chi connectivity index (χ1v) is 6.66. The van der Waals surface area contributed by atoms with Crippen molar-refractivity contribution in [3.05, 3.63) is 35.5 Å². The predicted octanol–water partition coefficient (Wildman–Crippen LogP) is 2.87. The zero-order valence-electron chi connectivity index (χ0n) is 10.4. The van der Waals surface area contributed by atoms with Crippen molar-refractivity contribution in [2.24, 2.45) is 0 Å². The van der Waals surface area contributed by atoms with Crippen molar-refractivity contribution < 1.29 is 0 Å². The van der Waals surface area contributed by atoms with Crippen LogP contribution in [0.4, 0.5) is 17.5 Å². The molecule has 0 radical (unpaired) electrons. The van der Waals surface area contributed by atoms with Gasteiger partial charge in [-0.2, -0.15) is 10.1 Å². The molecule has 5 nitrogen and oxygen atoms in total. The molecule has 2 heterocycles. The molecule has 98 valence electrons. The number of hydrogen-bond acceptors (Lipinski definition) is 5. The minimum atomic E-state index is 0.492. The van der Waals surface area contributed by atoms with E-state index in [1.54, 1.807) is 6.20 Å². The number of halogens is 1. The summed E-state index contributed by atoms with van der Waals surface area (Å²) < 4.78 is 0. The van der Waals surface area contributed by atoms with Crippen LogP contribution in [0.3, 0.4) is 0 Å². The molecule has 0 amide bonds. The fourth-order valence-electron chi connectivity index (χ4n) is 2.14. The number of nitrogens with one attached hydrogen (secondary N) is 1. The number of rotatable bonds is 3. The van der Waals surface area contributed by atoms with Crippen LogP contribution in [0.15, 0.2) is 30.5 Å². The van der Waals surface area contributed by atoms with Gasteiger partial charge in [0.05, 0.1) is 6.20 Å². The van der Waals surface area contributed by atoms with Gasteiger partial charge in [0.25, 0.3) is 0 Å². The Bertz CT molecular complexity index is 568. The van der Waals surface area contributed by atoms with Crippen molar-refractivity contribution >= 4 is 29.1 Å². The maximum absolute atomic E-state index is 5.94. The quantitative estimate of drug-likeness (QED) is 0.933. The Morgan fingerprint density at radius 1 is 1.21 bits per heavy atom. The lowest BCUT2D eigenvalue weighted by molar-refractivity contribution is 0.890. The molecule has 1 aromatic heterocycles. The van der Waals surface area contributed by atoms with E-state index in [-0.39, 0.29) is 0 Å². The van der Waals surface area contributed by atoms with Crippen LogP contribution in [0, 0.1) is 0 Å². The highest BCUT2D eigenvalue weighted by molar-refractivity contribution is 6.30. The molecule has 3 rings (SSSR count). The van der Waals surface area contributed by atoms with Gasteiger partial charge >= 0.3 is 0 Å². The molecule has 6 heteroatoms. The summed E-state index contributed by atoms with van der Waals surface area (Å²) in [7, 11) is 0. The molecule has 0 aliphatic carbocycles. The third kappa shape index (κ3) is 2.93. The molecule has 0 saturated carbocycles. The van der Waals surface area contributed by atoms with E-state index in [2.05, 4.69) is 25.4 Å². The average molecular weight is 276 g/mol. The second-order valence-electron chi connectivity index (χ2n) is 4.47. The molecule has 1 aliphatic heterocycles. The molecule has 1 aliphatic rings. The summed E-state index contributed by atoms with van der Waals surface area (Å²) in [6.07, 6.45) is 4.12. The van der Waals surface area contributed by atoms with Gasteiger partial charge in [-0.25, -0.2) is 0 Å². The van der Waals surface area contributed by atoms with E-state index in [0.29, 0.717) is 11.0 Å². The third-order valence-electron chi connectivity index (χ3n) is 3.06. The van der Waals surface area contributed by atoms with Crippen LogP contribution in [-0.2, 0) is 0 Å². The van der Waals surface area contributed by atoms with Crippen LogP contribution in [0.5, 0.6) is 0 Å². The summed E-state index contributed by atoms with van der Waals surface area (Å²) in [5.74, 6) is 1.36. The zero-order valence-corrected chi connectivity index (χ0v) is 11.1. The minimum Gasteiger partial charge on any atom is -0.355 e. The number of hydrogen-bond donors (Lipinski definition) is 1. The van der Waals surface area contributed by atoms with Crippen LogP contribution in [0.1, 0.15) is 12.8 Å². The Morgan fingerprint density at radius 2 is 2.05 bits per heavy atom. The van der Waals surface area contributed by atoms with E-state index >= 15 is 0 Å². The molecule has 0 spiro atoms. The molecule has 1 N–H and O–H groups in total. The van der Waals surface area contributed by atoms with Crippen LogP contribution in [-0.4, -0.2) is 28.3 Å². The lowest BCUT2D eigenvalue weighted by Crippen LogP contribution is -2.19. The summed E-state index contributed by atoms with van der Waals surface area (Å²) in [4.78, 5) is 6.70. The van der Waals surface area contributed by atoms with E-state index < -0.39 is 0 Å². The van der Waals surface area contributed by atoms with Gasteiger partial charge in [-0.3, -0.25) is 0 Å². The van der Waals surface area contributed by atoms with E-state index in [0.717, 1.165) is 24.6 Å². The first-order valence-electron chi connectivity index (χ1n) is 6.28. The van der Waals surface area contributed by atoms with Gasteiger partial charge < -0.3 is 10.2 Å². The minimum absolute atomic E-state index is 0.492. The Labute approximate surface area is 116 Å². The Balaban J connectivity index is 1.79. The van der Waals surface area contributed by atoms with Crippen molar-refractivity contribution in [2.75, 3.05) is 23.3 Å². The smallest absolute Gasteiger partial charge is 0.249 e. The monoisotopic (exact) mass is 275 g/mol. The summed E-state index contributed by atoms with van der Waals surface area (Å²) in [5.41, 5.74) is 0.855. The van der Waals surface area contributed by atoms with Gasteiger partial charge in [-0.1, -0.05) is 17.7 Å². The summed E-state index contributed by atoms with van der Waals surface area (Å²) in [6, 6.07) is 7.44. The summed E-state index contributed by atoms with van der Waals surface area (Å²) >= 11 is 5.94. The lowest BCUT2D eigenvalue weighted by Gasteiger charge is -2.15. The normalized spacial score (nSPS) is 14.7. The maximum atomic E-state index is 5.94. The summed E-state index contributed by atoms with van der Waals surface area (Å²) in [5, 5.41) is 11.8. The second-order valence-corrected chi connectivity index (χ2v) is 4.90. The summed E-state index contributed by atoms with van der Waals surface area (Å²) in [6.45, 7) is 2.07. The van der Waals surface area contributed by atoms with E-state index in [1.807, 2.05) is 24.3 Å². The van der Waals surface area contributed by atoms with Gasteiger partial charge in [0.15, 0.2) is 5.82 Å². The van der Waals surface area contributed by atoms with Gasteiger partial charge in [-0.15, -0.1) is 5.10 Å². The lowest BCUT2D eigenvalue weighted by atomic mass is 10.3. The van der Waals surface area contributed by atoms with Crippen LogP contribution >= 0.6 is 11.6 Å². The molecule has 2 aromatic rings.